The number of benzene rings is 1. The standard InChI is InChI=1S/C18H26N2S/c1-4-11-19-17(12-18-13-21-15(3)20-18)10-9-16-8-6-5-7-14(16)2/h5-8,13,17,19H,4,9-12H2,1-3H3. The second-order valence-corrected chi connectivity index (χ2v) is 6.74. The van der Waals surface area contributed by atoms with E-state index in [4.69, 9.17) is 0 Å². The molecule has 21 heavy (non-hydrogen) atoms. The highest BCUT2D eigenvalue weighted by molar-refractivity contribution is 7.09. The fourth-order valence-corrected chi connectivity index (χ4v) is 3.23. The zero-order valence-corrected chi connectivity index (χ0v) is 14.2. The van der Waals surface area contributed by atoms with Crippen molar-refractivity contribution in [1.82, 2.24) is 10.3 Å². The van der Waals surface area contributed by atoms with E-state index >= 15 is 0 Å². The first-order chi connectivity index (χ1) is 10.2. The van der Waals surface area contributed by atoms with Crippen molar-refractivity contribution in [1.29, 1.82) is 0 Å². The van der Waals surface area contributed by atoms with Gasteiger partial charge in [0.15, 0.2) is 0 Å². The first kappa shape index (κ1) is 16.2. The normalized spacial score (nSPS) is 12.5. The third-order valence-corrected chi connectivity index (χ3v) is 4.65. The second-order valence-electron chi connectivity index (χ2n) is 5.68. The number of hydrogen-bond acceptors (Lipinski definition) is 3. The Morgan fingerprint density at radius 3 is 2.71 bits per heavy atom. The molecular formula is C18H26N2S. The number of nitrogens with one attached hydrogen (secondary N) is 1. The van der Waals surface area contributed by atoms with Crippen LogP contribution in [0.15, 0.2) is 29.6 Å². The molecule has 0 spiro atoms. The third-order valence-electron chi connectivity index (χ3n) is 3.83. The summed E-state index contributed by atoms with van der Waals surface area (Å²) in [5, 5.41) is 7.04. The minimum atomic E-state index is 0.519. The average molecular weight is 302 g/mol. The van der Waals surface area contributed by atoms with E-state index in [1.807, 2.05) is 0 Å². The molecule has 0 aliphatic rings. The lowest BCUT2D eigenvalue weighted by atomic mass is 9.99. The highest BCUT2D eigenvalue weighted by Crippen LogP contribution is 2.15. The molecule has 0 radical (unpaired) electrons. The molecule has 1 aromatic heterocycles. The monoisotopic (exact) mass is 302 g/mol. The molecular weight excluding hydrogens is 276 g/mol. The molecule has 0 saturated heterocycles. The van der Waals surface area contributed by atoms with E-state index in [-0.39, 0.29) is 0 Å². The summed E-state index contributed by atoms with van der Waals surface area (Å²) in [7, 11) is 0. The first-order valence-electron chi connectivity index (χ1n) is 7.88. The number of aromatic nitrogens is 1. The second kappa shape index (κ2) is 8.30. The maximum absolute atomic E-state index is 4.61. The summed E-state index contributed by atoms with van der Waals surface area (Å²) in [6, 6.07) is 9.22. The van der Waals surface area contributed by atoms with Gasteiger partial charge in [-0.1, -0.05) is 31.2 Å². The van der Waals surface area contributed by atoms with Gasteiger partial charge in [0.05, 0.1) is 10.7 Å². The Balaban J connectivity index is 1.94. The van der Waals surface area contributed by atoms with Crippen molar-refractivity contribution in [2.45, 2.75) is 52.5 Å². The Morgan fingerprint density at radius 1 is 1.24 bits per heavy atom. The molecule has 2 nitrogen and oxygen atoms in total. The molecule has 2 rings (SSSR count). The van der Waals surface area contributed by atoms with E-state index in [1.54, 1.807) is 11.3 Å². The molecule has 0 aliphatic heterocycles. The fourth-order valence-electron chi connectivity index (χ4n) is 2.60. The van der Waals surface area contributed by atoms with Crippen molar-refractivity contribution in [2.24, 2.45) is 0 Å². The Morgan fingerprint density at radius 2 is 2.05 bits per heavy atom. The average Bonchev–Trinajstić information content (AvgIpc) is 2.88. The van der Waals surface area contributed by atoms with Crippen LogP contribution in [0.4, 0.5) is 0 Å². The van der Waals surface area contributed by atoms with Gasteiger partial charge in [-0.2, -0.15) is 0 Å². The number of aryl methyl sites for hydroxylation is 3. The molecule has 0 saturated carbocycles. The zero-order valence-electron chi connectivity index (χ0n) is 13.4. The summed E-state index contributed by atoms with van der Waals surface area (Å²) >= 11 is 1.75. The van der Waals surface area contributed by atoms with Gasteiger partial charge in [-0.15, -0.1) is 11.3 Å². The predicted octanol–water partition coefficient (Wildman–Crippen LogP) is 4.30. The molecule has 1 atom stereocenters. The van der Waals surface area contributed by atoms with Gasteiger partial charge in [0, 0.05) is 17.8 Å². The Hall–Kier alpha value is -1.19. The molecule has 3 heteroatoms. The summed E-state index contributed by atoms with van der Waals surface area (Å²) in [5.74, 6) is 0. The number of thiazole rings is 1. The number of hydrogen-bond donors (Lipinski definition) is 1. The third kappa shape index (κ3) is 5.25. The first-order valence-corrected chi connectivity index (χ1v) is 8.76. The number of rotatable bonds is 8. The van der Waals surface area contributed by atoms with Crippen LogP contribution >= 0.6 is 11.3 Å². The van der Waals surface area contributed by atoms with Crippen LogP contribution in [0.5, 0.6) is 0 Å². The van der Waals surface area contributed by atoms with Gasteiger partial charge >= 0.3 is 0 Å². The van der Waals surface area contributed by atoms with Crippen LogP contribution < -0.4 is 5.32 Å². The topological polar surface area (TPSA) is 24.9 Å². The predicted molar refractivity (Wildman–Crippen MR) is 92.1 cm³/mol. The maximum atomic E-state index is 4.61. The molecule has 114 valence electrons. The van der Waals surface area contributed by atoms with Gasteiger partial charge in [-0.25, -0.2) is 4.98 Å². The van der Waals surface area contributed by atoms with E-state index in [1.165, 1.54) is 29.7 Å². The Labute approximate surface area is 132 Å². The van der Waals surface area contributed by atoms with Crippen LogP contribution in [0, 0.1) is 13.8 Å². The molecule has 1 unspecified atom stereocenters. The van der Waals surface area contributed by atoms with Crippen molar-refractivity contribution < 1.29 is 0 Å². The highest BCUT2D eigenvalue weighted by atomic mass is 32.1. The van der Waals surface area contributed by atoms with Crippen LogP contribution in [0.25, 0.3) is 0 Å². The Kier molecular flexibility index (Phi) is 6.40. The molecule has 1 aromatic carbocycles. The molecule has 0 amide bonds. The molecule has 0 fully saturated rings. The van der Waals surface area contributed by atoms with Crippen LogP contribution in [0.2, 0.25) is 0 Å². The number of nitrogens with zero attached hydrogens (tertiary/aromatic N) is 1. The molecule has 1 N–H and O–H groups in total. The molecule has 1 heterocycles. The van der Waals surface area contributed by atoms with Gasteiger partial charge in [0.2, 0.25) is 0 Å². The van der Waals surface area contributed by atoms with Gasteiger partial charge in [0.1, 0.15) is 0 Å². The van der Waals surface area contributed by atoms with Gasteiger partial charge in [0.25, 0.3) is 0 Å². The lowest BCUT2D eigenvalue weighted by molar-refractivity contribution is 0.474. The lowest BCUT2D eigenvalue weighted by Crippen LogP contribution is -2.32. The van der Waals surface area contributed by atoms with E-state index < -0.39 is 0 Å². The summed E-state index contributed by atoms with van der Waals surface area (Å²) in [6.07, 6.45) is 4.52. The molecule has 2 aromatic rings. The van der Waals surface area contributed by atoms with Gasteiger partial charge in [-0.3, -0.25) is 0 Å². The SMILES string of the molecule is CCCNC(CCc1ccccc1C)Cc1csc(C)n1. The van der Waals surface area contributed by atoms with Crippen LogP contribution in [-0.2, 0) is 12.8 Å². The largest absolute Gasteiger partial charge is 0.314 e. The van der Waals surface area contributed by atoms with E-state index in [0.717, 1.165) is 24.4 Å². The van der Waals surface area contributed by atoms with Crippen LogP contribution in [0.1, 0.15) is 41.6 Å². The zero-order chi connectivity index (χ0) is 15.1. The Bertz CT molecular complexity index is 548. The van der Waals surface area contributed by atoms with Crippen molar-refractivity contribution in [2.75, 3.05) is 6.54 Å². The van der Waals surface area contributed by atoms with Crippen molar-refractivity contribution >= 4 is 11.3 Å². The fraction of sp³-hybridized carbons (Fsp3) is 0.500. The summed E-state index contributed by atoms with van der Waals surface area (Å²) in [5.41, 5.74) is 4.10. The van der Waals surface area contributed by atoms with Crippen LogP contribution in [-0.4, -0.2) is 17.6 Å². The van der Waals surface area contributed by atoms with Crippen LogP contribution in [0.3, 0.4) is 0 Å². The molecule has 0 aliphatic carbocycles. The van der Waals surface area contributed by atoms with E-state index in [2.05, 4.69) is 60.7 Å². The minimum absolute atomic E-state index is 0.519. The van der Waals surface area contributed by atoms with Gasteiger partial charge in [-0.05, 0) is 50.8 Å². The van der Waals surface area contributed by atoms with E-state index in [9.17, 15) is 0 Å². The lowest BCUT2D eigenvalue weighted by Gasteiger charge is -2.18. The van der Waals surface area contributed by atoms with E-state index in [0.29, 0.717) is 6.04 Å². The van der Waals surface area contributed by atoms with Crippen molar-refractivity contribution in [3.63, 3.8) is 0 Å². The highest BCUT2D eigenvalue weighted by Gasteiger charge is 2.11. The molecule has 0 bridgehead atoms. The maximum Gasteiger partial charge on any atom is 0.0897 e. The minimum Gasteiger partial charge on any atom is -0.314 e. The summed E-state index contributed by atoms with van der Waals surface area (Å²) < 4.78 is 0. The quantitative estimate of drug-likeness (QED) is 0.786. The summed E-state index contributed by atoms with van der Waals surface area (Å²) in [6.45, 7) is 7.59. The van der Waals surface area contributed by atoms with Gasteiger partial charge < -0.3 is 5.32 Å². The summed E-state index contributed by atoms with van der Waals surface area (Å²) in [4.78, 5) is 4.61. The smallest absolute Gasteiger partial charge is 0.0897 e. The van der Waals surface area contributed by atoms with Crippen molar-refractivity contribution in [3.8, 4) is 0 Å². The van der Waals surface area contributed by atoms with Crippen molar-refractivity contribution in [3.05, 3.63) is 51.5 Å².